The maximum atomic E-state index is 6.09. The molecule has 0 amide bonds. The Balaban J connectivity index is 2.07. The van der Waals surface area contributed by atoms with Crippen LogP contribution < -0.4 is 4.90 Å². The summed E-state index contributed by atoms with van der Waals surface area (Å²) < 4.78 is 0. The van der Waals surface area contributed by atoms with Gasteiger partial charge in [-0.25, -0.2) is 9.97 Å². The predicted molar refractivity (Wildman–Crippen MR) is 75.2 cm³/mol. The van der Waals surface area contributed by atoms with E-state index in [0.29, 0.717) is 11.9 Å². The van der Waals surface area contributed by atoms with Gasteiger partial charge in [-0.15, -0.1) is 11.6 Å². The van der Waals surface area contributed by atoms with Gasteiger partial charge in [0.15, 0.2) is 0 Å². The number of benzene rings is 1. The molecule has 3 nitrogen and oxygen atoms in total. The zero-order valence-corrected chi connectivity index (χ0v) is 11.0. The van der Waals surface area contributed by atoms with Gasteiger partial charge in [-0.2, -0.15) is 0 Å². The summed E-state index contributed by atoms with van der Waals surface area (Å²) in [7, 11) is 0. The van der Waals surface area contributed by atoms with Crippen LogP contribution in [0.4, 0.5) is 5.82 Å². The number of hydrogen-bond acceptors (Lipinski definition) is 3. The van der Waals surface area contributed by atoms with Crippen LogP contribution in [0.1, 0.15) is 19.3 Å². The van der Waals surface area contributed by atoms with Gasteiger partial charge in [-0.3, -0.25) is 0 Å². The molecule has 1 aromatic carbocycles. The first kappa shape index (κ1) is 11.7. The van der Waals surface area contributed by atoms with Gasteiger partial charge in [0, 0.05) is 23.9 Å². The number of piperidine rings is 1. The number of rotatable bonds is 2. The highest BCUT2D eigenvalue weighted by molar-refractivity contribution is 6.18. The van der Waals surface area contributed by atoms with Crippen LogP contribution in [0.3, 0.4) is 0 Å². The van der Waals surface area contributed by atoms with Gasteiger partial charge >= 0.3 is 0 Å². The largest absolute Gasteiger partial charge is 0.352 e. The molecule has 3 rings (SSSR count). The molecule has 18 heavy (non-hydrogen) atoms. The van der Waals surface area contributed by atoms with E-state index in [1.807, 2.05) is 18.2 Å². The Labute approximate surface area is 112 Å². The second kappa shape index (κ2) is 5.11. The number of alkyl halides is 1. The molecule has 1 unspecified atom stereocenters. The minimum absolute atomic E-state index is 0.402. The van der Waals surface area contributed by atoms with Crippen molar-refractivity contribution in [2.75, 3.05) is 17.3 Å². The molecule has 2 heterocycles. The van der Waals surface area contributed by atoms with Gasteiger partial charge in [0.2, 0.25) is 0 Å². The van der Waals surface area contributed by atoms with Gasteiger partial charge in [0.25, 0.3) is 0 Å². The molecule has 1 fully saturated rings. The molecular weight excluding hydrogens is 246 g/mol. The number of anilines is 1. The molecule has 0 aliphatic carbocycles. The van der Waals surface area contributed by atoms with Crippen molar-refractivity contribution in [1.29, 1.82) is 0 Å². The molecule has 1 atom stereocenters. The highest BCUT2D eigenvalue weighted by atomic mass is 35.5. The lowest BCUT2D eigenvalue weighted by molar-refractivity contribution is 0.485. The third kappa shape index (κ3) is 2.03. The minimum Gasteiger partial charge on any atom is -0.352 e. The third-order valence-electron chi connectivity index (χ3n) is 3.60. The second-order valence-electron chi connectivity index (χ2n) is 4.71. The fourth-order valence-electron chi connectivity index (χ4n) is 2.66. The molecule has 94 valence electrons. The smallest absolute Gasteiger partial charge is 0.140 e. The molecule has 4 heteroatoms. The van der Waals surface area contributed by atoms with Crippen LogP contribution in [0.5, 0.6) is 0 Å². The summed E-state index contributed by atoms with van der Waals surface area (Å²) >= 11 is 6.09. The number of halogens is 1. The lowest BCUT2D eigenvalue weighted by Gasteiger charge is -2.36. The molecule has 0 spiro atoms. The van der Waals surface area contributed by atoms with Crippen LogP contribution in [-0.4, -0.2) is 28.4 Å². The van der Waals surface area contributed by atoms with E-state index >= 15 is 0 Å². The standard InChI is InChI=1S/C14H16ClN3/c15-9-11-5-3-4-8-18(11)14-12-6-1-2-7-13(12)16-10-17-14/h1-2,6-7,10-11H,3-5,8-9H2. The van der Waals surface area contributed by atoms with Gasteiger partial charge in [-0.1, -0.05) is 12.1 Å². The van der Waals surface area contributed by atoms with Crippen LogP contribution in [0, 0.1) is 0 Å². The van der Waals surface area contributed by atoms with Crippen molar-refractivity contribution in [3.8, 4) is 0 Å². The van der Waals surface area contributed by atoms with Gasteiger partial charge < -0.3 is 4.90 Å². The van der Waals surface area contributed by atoms with Crippen molar-refractivity contribution in [3.63, 3.8) is 0 Å². The van der Waals surface area contributed by atoms with Crippen molar-refractivity contribution in [1.82, 2.24) is 9.97 Å². The Morgan fingerprint density at radius 3 is 3.00 bits per heavy atom. The summed E-state index contributed by atoms with van der Waals surface area (Å²) in [6.45, 7) is 1.04. The number of nitrogens with zero attached hydrogens (tertiary/aromatic N) is 3. The molecule has 0 bridgehead atoms. The van der Waals surface area contributed by atoms with Crippen molar-refractivity contribution in [2.24, 2.45) is 0 Å². The Morgan fingerprint density at radius 2 is 2.11 bits per heavy atom. The summed E-state index contributed by atoms with van der Waals surface area (Å²) in [4.78, 5) is 11.1. The summed E-state index contributed by atoms with van der Waals surface area (Å²) in [6, 6.07) is 8.56. The molecule has 1 aliphatic rings. The first-order valence-electron chi connectivity index (χ1n) is 6.42. The molecule has 1 saturated heterocycles. The molecule has 0 saturated carbocycles. The number of fused-ring (bicyclic) bond motifs is 1. The van der Waals surface area contributed by atoms with Crippen molar-refractivity contribution < 1.29 is 0 Å². The number of aromatic nitrogens is 2. The average Bonchev–Trinajstić information content (AvgIpc) is 2.46. The maximum absolute atomic E-state index is 6.09. The first-order chi connectivity index (χ1) is 8.90. The molecule has 0 N–H and O–H groups in total. The van der Waals surface area contributed by atoms with Crippen LogP contribution in [-0.2, 0) is 0 Å². The topological polar surface area (TPSA) is 29.0 Å². The van der Waals surface area contributed by atoms with E-state index in [-0.39, 0.29) is 0 Å². The van der Waals surface area contributed by atoms with E-state index in [2.05, 4.69) is 20.9 Å². The Kier molecular flexibility index (Phi) is 3.33. The van der Waals surface area contributed by atoms with E-state index in [9.17, 15) is 0 Å². The highest BCUT2D eigenvalue weighted by Gasteiger charge is 2.24. The van der Waals surface area contributed by atoms with Crippen molar-refractivity contribution >= 4 is 28.3 Å². The van der Waals surface area contributed by atoms with Crippen molar-refractivity contribution in [3.05, 3.63) is 30.6 Å². The van der Waals surface area contributed by atoms with Crippen LogP contribution >= 0.6 is 11.6 Å². The number of para-hydroxylation sites is 1. The Bertz CT molecular complexity index is 538. The van der Waals surface area contributed by atoms with Gasteiger partial charge in [0.1, 0.15) is 12.1 Å². The summed E-state index contributed by atoms with van der Waals surface area (Å²) in [5.41, 5.74) is 1.00. The summed E-state index contributed by atoms with van der Waals surface area (Å²) in [6.07, 6.45) is 5.28. The van der Waals surface area contributed by atoms with Gasteiger partial charge in [-0.05, 0) is 31.4 Å². The average molecular weight is 262 g/mol. The SMILES string of the molecule is ClCC1CCCCN1c1ncnc2ccccc12. The van der Waals surface area contributed by atoms with E-state index in [1.165, 1.54) is 12.8 Å². The molecule has 1 aromatic heterocycles. The zero-order valence-electron chi connectivity index (χ0n) is 10.2. The lowest BCUT2D eigenvalue weighted by Crippen LogP contribution is -2.41. The number of hydrogen-bond donors (Lipinski definition) is 0. The van der Waals surface area contributed by atoms with E-state index < -0.39 is 0 Å². The fraction of sp³-hybridized carbons (Fsp3) is 0.429. The van der Waals surface area contributed by atoms with Crippen LogP contribution in [0.25, 0.3) is 10.9 Å². The predicted octanol–water partition coefficient (Wildman–Crippen LogP) is 3.23. The molecule has 0 radical (unpaired) electrons. The van der Waals surface area contributed by atoms with E-state index in [0.717, 1.165) is 29.7 Å². The molecule has 2 aromatic rings. The quantitative estimate of drug-likeness (QED) is 0.778. The monoisotopic (exact) mass is 261 g/mol. The first-order valence-corrected chi connectivity index (χ1v) is 6.96. The van der Waals surface area contributed by atoms with Gasteiger partial charge in [0.05, 0.1) is 5.52 Å². The van der Waals surface area contributed by atoms with Crippen LogP contribution in [0.2, 0.25) is 0 Å². The van der Waals surface area contributed by atoms with E-state index in [4.69, 9.17) is 11.6 Å². The maximum Gasteiger partial charge on any atom is 0.140 e. The normalized spacial score (nSPS) is 20.3. The zero-order chi connectivity index (χ0) is 12.4. The minimum atomic E-state index is 0.402. The third-order valence-corrected chi connectivity index (χ3v) is 3.96. The highest BCUT2D eigenvalue weighted by Crippen LogP contribution is 2.28. The second-order valence-corrected chi connectivity index (χ2v) is 5.02. The molecule has 1 aliphatic heterocycles. The molecular formula is C14H16ClN3. The lowest BCUT2D eigenvalue weighted by atomic mass is 10.0. The Morgan fingerprint density at radius 1 is 1.22 bits per heavy atom. The van der Waals surface area contributed by atoms with Crippen LogP contribution in [0.15, 0.2) is 30.6 Å². The Hall–Kier alpha value is -1.35. The van der Waals surface area contributed by atoms with Crippen molar-refractivity contribution in [2.45, 2.75) is 25.3 Å². The summed E-state index contributed by atoms with van der Waals surface area (Å²) in [5, 5.41) is 1.12. The van der Waals surface area contributed by atoms with E-state index in [1.54, 1.807) is 6.33 Å². The summed E-state index contributed by atoms with van der Waals surface area (Å²) in [5.74, 6) is 1.70. The fourth-order valence-corrected chi connectivity index (χ4v) is 2.98.